The van der Waals surface area contributed by atoms with Gasteiger partial charge < -0.3 is 20.1 Å². The van der Waals surface area contributed by atoms with Gasteiger partial charge in [-0.1, -0.05) is 42.0 Å². The van der Waals surface area contributed by atoms with E-state index in [1.54, 1.807) is 55.6 Å². The number of ether oxygens (including phenoxy) is 2. The van der Waals surface area contributed by atoms with Crippen molar-refractivity contribution >= 4 is 23.6 Å². The molecule has 0 saturated carbocycles. The molecule has 1 saturated heterocycles. The summed E-state index contributed by atoms with van der Waals surface area (Å²) < 4.78 is 10.9. The first-order chi connectivity index (χ1) is 17.7. The van der Waals surface area contributed by atoms with E-state index in [0.29, 0.717) is 22.6 Å². The predicted octanol–water partition coefficient (Wildman–Crippen LogP) is 4.84. The maximum Gasteiger partial charge on any atom is 0.411 e. The summed E-state index contributed by atoms with van der Waals surface area (Å²) in [7, 11) is 1.56. The molecule has 8 nitrogen and oxygen atoms in total. The lowest BCUT2D eigenvalue weighted by Gasteiger charge is -2.25. The van der Waals surface area contributed by atoms with Gasteiger partial charge in [0.25, 0.3) is 5.91 Å². The smallest absolute Gasteiger partial charge is 0.411 e. The van der Waals surface area contributed by atoms with Crippen LogP contribution in [0, 0.1) is 6.92 Å². The zero-order valence-corrected chi connectivity index (χ0v) is 21.4. The summed E-state index contributed by atoms with van der Waals surface area (Å²) in [5, 5.41) is 5.78. The maximum absolute atomic E-state index is 13.3. The van der Waals surface area contributed by atoms with Gasteiger partial charge in [0.05, 0.1) is 13.7 Å². The van der Waals surface area contributed by atoms with E-state index in [2.05, 4.69) is 10.6 Å². The Hall–Kier alpha value is -4.33. The molecule has 1 aliphatic heterocycles. The van der Waals surface area contributed by atoms with Gasteiger partial charge in [-0.3, -0.25) is 14.5 Å². The molecular formula is C29H31N3O5. The van der Waals surface area contributed by atoms with E-state index < -0.39 is 18.2 Å². The molecule has 4 rings (SSSR count). The fraction of sp³-hybridized carbons (Fsp3) is 0.276. The van der Waals surface area contributed by atoms with E-state index in [1.807, 2.05) is 45.0 Å². The van der Waals surface area contributed by atoms with Gasteiger partial charge in [-0.15, -0.1) is 0 Å². The van der Waals surface area contributed by atoms with Gasteiger partial charge in [-0.25, -0.2) is 4.79 Å². The van der Waals surface area contributed by atoms with Gasteiger partial charge >= 0.3 is 6.09 Å². The molecule has 0 aromatic heterocycles. The van der Waals surface area contributed by atoms with Gasteiger partial charge in [0, 0.05) is 17.3 Å². The van der Waals surface area contributed by atoms with E-state index in [9.17, 15) is 14.4 Å². The second-order valence-corrected chi connectivity index (χ2v) is 9.33. The number of aryl methyl sites for hydroxylation is 1. The number of cyclic esters (lactones) is 1. The molecular weight excluding hydrogens is 470 g/mol. The maximum atomic E-state index is 13.3. The van der Waals surface area contributed by atoms with Crippen molar-refractivity contribution in [1.82, 2.24) is 10.2 Å². The summed E-state index contributed by atoms with van der Waals surface area (Å²) in [6.07, 6.45) is -1.41. The van der Waals surface area contributed by atoms with Gasteiger partial charge in [-0.2, -0.15) is 0 Å². The first kappa shape index (κ1) is 25.8. The molecule has 1 aliphatic rings. The molecule has 2 N–H and O–H groups in total. The topological polar surface area (TPSA) is 97.0 Å². The average molecular weight is 502 g/mol. The largest absolute Gasteiger partial charge is 0.497 e. The van der Waals surface area contributed by atoms with E-state index in [-0.39, 0.29) is 24.4 Å². The number of carbonyl (C=O) groups is 3. The fourth-order valence-corrected chi connectivity index (χ4v) is 4.21. The number of benzene rings is 3. The molecule has 0 unspecified atom stereocenters. The molecule has 1 fully saturated rings. The van der Waals surface area contributed by atoms with Crippen molar-refractivity contribution in [3.63, 3.8) is 0 Å². The quantitative estimate of drug-likeness (QED) is 0.460. The minimum Gasteiger partial charge on any atom is -0.497 e. The van der Waals surface area contributed by atoms with Crippen LogP contribution in [0.5, 0.6) is 5.75 Å². The molecule has 0 bridgehead atoms. The number of nitrogens with one attached hydrogen (secondary N) is 2. The number of hydrogen-bond donors (Lipinski definition) is 2. The SMILES string of the molecule is COc1ccc(C(=O)Nc2cccc([C@H]3OC(=O)N(Cc4ccc(C)cc4)[C@H]3C(=O)NC(C)C)c2)cc1. The number of anilines is 1. The van der Waals surface area contributed by atoms with Gasteiger partial charge in [0.1, 0.15) is 5.75 Å². The molecule has 8 heteroatoms. The lowest BCUT2D eigenvalue weighted by atomic mass is 9.99. The summed E-state index contributed by atoms with van der Waals surface area (Å²) in [6.45, 7) is 5.96. The first-order valence-corrected chi connectivity index (χ1v) is 12.1. The summed E-state index contributed by atoms with van der Waals surface area (Å²) in [5.74, 6) is 0.0615. The fourth-order valence-electron chi connectivity index (χ4n) is 4.21. The Morgan fingerprint density at radius 3 is 2.38 bits per heavy atom. The molecule has 3 aromatic rings. The first-order valence-electron chi connectivity index (χ1n) is 12.1. The highest BCUT2D eigenvalue weighted by molar-refractivity contribution is 6.04. The third-order valence-electron chi connectivity index (χ3n) is 6.08. The predicted molar refractivity (Wildman–Crippen MR) is 140 cm³/mol. The van der Waals surface area contributed by atoms with Crippen LogP contribution in [-0.2, 0) is 16.1 Å². The third-order valence-corrected chi connectivity index (χ3v) is 6.08. The summed E-state index contributed by atoms with van der Waals surface area (Å²) >= 11 is 0. The number of rotatable bonds is 8. The van der Waals surface area contributed by atoms with Gasteiger partial charge in [0.15, 0.2) is 12.1 Å². The van der Waals surface area contributed by atoms with Crippen LogP contribution in [0.4, 0.5) is 10.5 Å². The van der Waals surface area contributed by atoms with E-state index in [1.165, 1.54) is 4.90 Å². The highest BCUT2D eigenvalue weighted by Gasteiger charge is 2.47. The molecule has 3 amide bonds. The van der Waals surface area contributed by atoms with Crippen LogP contribution in [0.25, 0.3) is 0 Å². The number of hydrogen-bond acceptors (Lipinski definition) is 5. The molecule has 0 radical (unpaired) electrons. The standard InChI is InChI=1S/C29H31N3O5/c1-18(2)30-28(34)25-26(37-29(35)32(25)17-20-10-8-19(3)9-11-20)22-6-5-7-23(16-22)31-27(33)21-12-14-24(36-4)15-13-21/h5-16,18,25-26H,17H2,1-4H3,(H,30,34)(H,31,33)/t25-,26-/m1/s1. The van der Waals surface area contributed by atoms with Crippen molar-refractivity contribution in [1.29, 1.82) is 0 Å². The molecule has 3 aromatic carbocycles. The minimum absolute atomic E-state index is 0.111. The summed E-state index contributed by atoms with van der Waals surface area (Å²) in [6, 6.07) is 20.6. The van der Waals surface area contributed by atoms with Crippen molar-refractivity contribution in [3.8, 4) is 5.75 Å². The van der Waals surface area contributed by atoms with Crippen molar-refractivity contribution in [3.05, 3.63) is 95.1 Å². The van der Waals surface area contributed by atoms with E-state index >= 15 is 0 Å². The van der Waals surface area contributed by atoms with Crippen molar-refractivity contribution < 1.29 is 23.9 Å². The Balaban J connectivity index is 1.58. The summed E-state index contributed by atoms with van der Waals surface area (Å²) in [4.78, 5) is 40.5. The van der Waals surface area contributed by atoms with E-state index in [4.69, 9.17) is 9.47 Å². The Labute approximate surface area is 216 Å². The lowest BCUT2D eigenvalue weighted by Crippen LogP contribution is -2.48. The minimum atomic E-state index is -0.872. The normalized spacial score (nSPS) is 16.9. The van der Waals surface area contributed by atoms with Crippen LogP contribution < -0.4 is 15.4 Å². The second-order valence-electron chi connectivity index (χ2n) is 9.33. The number of carbonyl (C=O) groups excluding carboxylic acids is 3. The van der Waals surface area contributed by atoms with Crippen LogP contribution >= 0.6 is 0 Å². The zero-order chi connectivity index (χ0) is 26.5. The van der Waals surface area contributed by atoms with Crippen molar-refractivity contribution in [2.24, 2.45) is 0 Å². The highest BCUT2D eigenvalue weighted by atomic mass is 16.6. The number of amides is 3. The molecule has 2 atom stereocenters. The van der Waals surface area contributed by atoms with Gasteiger partial charge in [-0.05, 0) is 68.3 Å². The van der Waals surface area contributed by atoms with Crippen LogP contribution in [0.15, 0.2) is 72.8 Å². The monoisotopic (exact) mass is 501 g/mol. The molecule has 0 aliphatic carbocycles. The lowest BCUT2D eigenvalue weighted by molar-refractivity contribution is -0.126. The van der Waals surface area contributed by atoms with Crippen molar-refractivity contribution in [2.75, 3.05) is 12.4 Å². The summed E-state index contributed by atoms with van der Waals surface area (Å²) in [5.41, 5.74) is 3.60. The molecule has 1 heterocycles. The van der Waals surface area contributed by atoms with Crippen LogP contribution in [0.1, 0.15) is 47.0 Å². The van der Waals surface area contributed by atoms with Crippen LogP contribution in [-0.4, -0.2) is 42.0 Å². The molecule has 192 valence electrons. The Morgan fingerprint density at radius 2 is 1.73 bits per heavy atom. The van der Waals surface area contributed by atoms with Crippen LogP contribution in [0.3, 0.4) is 0 Å². The average Bonchev–Trinajstić information content (AvgIpc) is 3.21. The van der Waals surface area contributed by atoms with Crippen LogP contribution in [0.2, 0.25) is 0 Å². The van der Waals surface area contributed by atoms with Crippen molar-refractivity contribution in [2.45, 2.75) is 45.5 Å². The number of nitrogens with zero attached hydrogens (tertiary/aromatic N) is 1. The molecule has 0 spiro atoms. The third kappa shape index (κ3) is 6.09. The Kier molecular flexibility index (Phi) is 7.77. The Bertz CT molecular complexity index is 1270. The Morgan fingerprint density at radius 1 is 1.03 bits per heavy atom. The second kappa shape index (κ2) is 11.2. The van der Waals surface area contributed by atoms with Gasteiger partial charge in [0.2, 0.25) is 5.91 Å². The number of methoxy groups -OCH3 is 1. The molecule has 37 heavy (non-hydrogen) atoms. The highest BCUT2D eigenvalue weighted by Crippen LogP contribution is 2.35. The van der Waals surface area contributed by atoms with E-state index in [0.717, 1.165) is 11.1 Å². The zero-order valence-electron chi connectivity index (χ0n) is 21.4.